The molecule has 0 fully saturated rings. The van der Waals surface area contributed by atoms with Crippen LogP contribution in [0.1, 0.15) is 11.5 Å². The van der Waals surface area contributed by atoms with Crippen LogP contribution in [0.5, 0.6) is 11.5 Å². The van der Waals surface area contributed by atoms with E-state index in [1.54, 1.807) is 0 Å². The molecule has 3 nitrogen and oxygen atoms in total. The first-order valence-corrected chi connectivity index (χ1v) is 3.64. The maximum atomic E-state index is 5.36. The van der Waals surface area contributed by atoms with E-state index in [0.717, 1.165) is 23.0 Å². The lowest BCUT2D eigenvalue weighted by atomic mass is 10.3. The number of furan rings is 1. The highest BCUT2D eigenvalue weighted by molar-refractivity contribution is 5.46. The molecule has 3 heteroatoms. The van der Waals surface area contributed by atoms with Gasteiger partial charge >= 0.3 is 0 Å². The lowest BCUT2D eigenvalue weighted by molar-refractivity contribution is 0.171. The molecule has 0 spiro atoms. The zero-order valence-corrected chi connectivity index (χ0v) is 6.64. The van der Waals surface area contributed by atoms with E-state index in [2.05, 4.69) is 0 Å². The highest BCUT2D eigenvalue weighted by Gasteiger charge is 2.20. The molecule has 0 atom stereocenters. The fraction of sp³-hybridized carbons (Fsp3) is 0.500. The van der Waals surface area contributed by atoms with Crippen molar-refractivity contribution in [3.8, 4) is 11.5 Å². The van der Waals surface area contributed by atoms with Gasteiger partial charge in [0, 0.05) is 0 Å². The van der Waals surface area contributed by atoms with Crippen LogP contribution in [-0.2, 0) is 0 Å². The van der Waals surface area contributed by atoms with Crippen molar-refractivity contribution in [2.24, 2.45) is 0 Å². The van der Waals surface area contributed by atoms with Gasteiger partial charge in [-0.2, -0.15) is 0 Å². The normalized spacial score (nSPS) is 15.1. The largest absolute Gasteiger partial charge is 0.483 e. The summed E-state index contributed by atoms with van der Waals surface area (Å²) < 4.78 is 16.0. The predicted octanol–water partition coefficient (Wildman–Crippen LogP) is 1.67. The molecule has 11 heavy (non-hydrogen) atoms. The molecular weight excluding hydrogens is 144 g/mol. The lowest BCUT2D eigenvalue weighted by Crippen LogP contribution is -2.14. The molecule has 0 saturated carbocycles. The van der Waals surface area contributed by atoms with Crippen LogP contribution in [0.2, 0.25) is 0 Å². The van der Waals surface area contributed by atoms with Gasteiger partial charge in [-0.1, -0.05) is 0 Å². The fourth-order valence-electron chi connectivity index (χ4n) is 1.26. The monoisotopic (exact) mass is 154 g/mol. The zero-order chi connectivity index (χ0) is 7.84. The number of hydrogen-bond donors (Lipinski definition) is 0. The smallest absolute Gasteiger partial charge is 0.203 e. The molecule has 0 aromatic carbocycles. The van der Waals surface area contributed by atoms with Gasteiger partial charge in [0.2, 0.25) is 11.5 Å². The molecule has 1 aromatic heterocycles. The second kappa shape index (κ2) is 2.19. The Kier molecular flexibility index (Phi) is 1.31. The number of fused-ring (bicyclic) bond motifs is 1. The van der Waals surface area contributed by atoms with Crippen LogP contribution >= 0.6 is 0 Å². The van der Waals surface area contributed by atoms with Gasteiger partial charge in [0.1, 0.15) is 24.7 Å². The molecule has 0 amide bonds. The van der Waals surface area contributed by atoms with E-state index in [1.807, 2.05) is 13.8 Å². The zero-order valence-electron chi connectivity index (χ0n) is 6.64. The van der Waals surface area contributed by atoms with Gasteiger partial charge in [-0.3, -0.25) is 0 Å². The van der Waals surface area contributed by atoms with Crippen molar-refractivity contribution in [1.82, 2.24) is 0 Å². The van der Waals surface area contributed by atoms with Gasteiger partial charge < -0.3 is 13.9 Å². The number of hydrogen-bond acceptors (Lipinski definition) is 3. The summed E-state index contributed by atoms with van der Waals surface area (Å²) in [6.07, 6.45) is 0. The van der Waals surface area contributed by atoms with Gasteiger partial charge in [0.05, 0.1) is 0 Å². The van der Waals surface area contributed by atoms with Crippen molar-refractivity contribution in [1.29, 1.82) is 0 Å². The SMILES string of the molecule is Cc1oc(C)c2c1OCCO2. The Balaban J connectivity index is 2.52. The van der Waals surface area contributed by atoms with Gasteiger partial charge in [0.25, 0.3) is 0 Å². The molecule has 0 N–H and O–H groups in total. The first kappa shape index (κ1) is 6.58. The van der Waals surface area contributed by atoms with E-state index in [-0.39, 0.29) is 0 Å². The molecule has 0 saturated heterocycles. The first-order valence-electron chi connectivity index (χ1n) is 3.64. The summed E-state index contributed by atoms with van der Waals surface area (Å²) in [6.45, 7) is 4.99. The molecule has 0 unspecified atom stereocenters. The van der Waals surface area contributed by atoms with Crippen molar-refractivity contribution in [3.05, 3.63) is 11.5 Å². The summed E-state index contributed by atoms with van der Waals surface area (Å²) in [7, 11) is 0. The third kappa shape index (κ3) is 0.878. The highest BCUT2D eigenvalue weighted by atomic mass is 16.6. The Labute approximate surface area is 64.9 Å². The molecule has 0 bridgehead atoms. The Morgan fingerprint density at radius 3 is 1.82 bits per heavy atom. The van der Waals surface area contributed by atoms with Crippen LogP contribution in [0.15, 0.2) is 4.42 Å². The Morgan fingerprint density at radius 2 is 1.36 bits per heavy atom. The Morgan fingerprint density at radius 1 is 0.909 bits per heavy atom. The van der Waals surface area contributed by atoms with Crippen molar-refractivity contribution >= 4 is 0 Å². The maximum absolute atomic E-state index is 5.36. The number of ether oxygens (including phenoxy) is 2. The van der Waals surface area contributed by atoms with Crippen LogP contribution in [-0.4, -0.2) is 13.2 Å². The van der Waals surface area contributed by atoms with Crippen LogP contribution < -0.4 is 9.47 Å². The number of rotatable bonds is 0. The van der Waals surface area contributed by atoms with Crippen molar-refractivity contribution in [2.75, 3.05) is 13.2 Å². The summed E-state index contributed by atoms with van der Waals surface area (Å²) in [5, 5.41) is 0. The second-order valence-corrected chi connectivity index (χ2v) is 2.57. The van der Waals surface area contributed by atoms with Gasteiger partial charge in [0.15, 0.2) is 0 Å². The molecule has 0 radical (unpaired) electrons. The molecule has 1 aliphatic heterocycles. The fourth-order valence-corrected chi connectivity index (χ4v) is 1.26. The van der Waals surface area contributed by atoms with Crippen LogP contribution in [0, 0.1) is 13.8 Å². The highest BCUT2D eigenvalue weighted by Crippen LogP contribution is 2.38. The lowest BCUT2D eigenvalue weighted by Gasteiger charge is -2.14. The van der Waals surface area contributed by atoms with Crippen molar-refractivity contribution in [2.45, 2.75) is 13.8 Å². The van der Waals surface area contributed by atoms with E-state index in [0.29, 0.717) is 13.2 Å². The first-order chi connectivity index (χ1) is 5.29. The minimum Gasteiger partial charge on any atom is -0.483 e. The minimum atomic E-state index is 0.618. The van der Waals surface area contributed by atoms with E-state index in [1.165, 1.54) is 0 Å². The van der Waals surface area contributed by atoms with Crippen LogP contribution in [0.3, 0.4) is 0 Å². The maximum Gasteiger partial charge on any atom is 0.203 e. The summed E-state index contributed by atoms with van der Waals surface area (Å²) in [5.74, 6) is 3.15. The standard InChI is InChI=1S/C8H10O3/c1-5-7-8(6(2)11-5)10-4-3-9-7/h3-4H2,1-2H3. The molecule has 0 aliphatic carbocycles. The summed E-state index contributed by atoms with van der Waals surface area (Å²) >= 11 is 0. The third-order valence-corrected chi connectivity index (χ3v) is 1.73. The van der Waals surface area contributed by atoms with E-state index in [9.17, 15) is 0 Å². The quantitative estimate of drug-likeness (QED) is 0.569. The molecule has 1 aromatic rings. The molecule has 2 rings (SSSR count). The molecule has 1 aliphatic rings. The summed E-state index contributed by atoms with van der Waals surface area (Å²) in [6, 6.07) is 0. The predicted molar refractivity (Wildman–Crippen MR) is 39.2 cm³/mol. The second-order valence-electron chi connectivity index (χ2n) is 2.57. The average Bonchev–Trinajstić information content (AvgIpc) is 2.30. The molecular formula is C8H10O3. The van der Waals surface area contributed by atoms with E-state index < -0.39 is 0 Å². The topological polar surface area (TPSA) is 31.6 Å². The van der Waals surface area contributed by atoms with E-state index >= 15 is 0 Å². The third-order valence-electron chi connectivity index (χ3n) is 1.73. The summed E-state index contributed by atoms with van der Waals surface area (Å²) in [4.78, 5) is 0. The Bertz CT molecular complexity index is 249. The van der Waals surface area contributed by atoms with Gasteiger partial charge in [-0.25, -0.2) is 0 Å². The van der Waals surface area contributed by atoms with Crippen LogP contribution in [0.4, 0.5) is 0 Å². The molecule has 2 heterocycles. The summed E-state index contributed by atoms with van der Waals surface area (Å²) in [5.41, 5.74) is 0. The minimum absolute atomic E-state index is 0.618. The van der Waals surface area contributed by atoms with Gasteiger partial charge in [-0.15, -0.1) is 0 Å². The van der Waals surface area contributed by atoms with Crippen LogP contribution in [0.25, 0.3) is 0 Å². The Hall–Kier alpha value is -1.12. The van der Waals surface area contributed by atoms with Crippen molar-refractivity contribution < 1.29 is 13.9 Å². The van der Waals surface area contributed by atoms with Gasteiger partial charge in [-0.05, 0) is 13.8 Å². The average molecular weight is 154 g/mol. The van der Waals surface area contributed by atoms with Crippen molar-refractivity contribution in [3.63, 3.8) is 0 Å². The molecule has 60 valence electrons. The van der Waals surface area contributed by atoms with E-state index in [4.69, 9.17) is 13.9 Å². The number of aryl methyl sites for hydroxylation is 2.